The zero-order chi connectivity index (χ0) is 44.6. The van der Waals surface area contributed by atoms with Crippen molar-refractivity contribution in [2.75, 3.05) is 33.0 Å². The molecule has 10 heteroatoms. The molecule has 3 N–H and O–H groups in total. The molecule has 3 atom stereocenters. The Morgan fingerprint density at radius 2 is 0.934 bits per heavy atom. The lowest BCUT2D eigenvalue weighted by Crippen LogP contribution is -2.29. The van der Waals surface area contributed by atoms with Crippen LogP contribution in [0.5, 0.6) is 0 Å². The third-order valence-electron chi connectivity index (χ3n) is 9.50. The van der Waals surface area contributed by atoms with Gasteiger partial charge in [0.05, 0.1) is 26.4 Å². The average molecular weight is 875 g/mol. The lowest BCUT2D eigenvalue weighted by atomic mass is 10.1. The minimum absolute atomic E-state index is 0.0170. The van der Waals surface area contributed by atoms with Gasteiger partial charge in [0.15, 0.2) is 0 Å². The summed E-state index contributed by atoms with van der Waals surface area (Å²) in [5, 5.41) is 18.4. The SMILES string of the molecule is CC/C=C\C/C=C\C/C=C\C/C=C\C/C=C\C/C=C\CCCCCOCC(COP(=O)(O)OCC(O)CO)OC(=O)CCCCCCCCC/C=C\C/C=C\CCCCCC. The molecule has 0 aliphatic rings. The molecule has 0 rings (SSSR count). The van der Waals surface area contributed by atoms with Crippen molar-refractivity contribution < 1.29 is 43.0 Å². The second kappa shape index (κ2) is 46.9. The van der Waals surface area contributed by atoms with Crippen molar-refractivity contribution in [3.8, 4) is 0 Å². The molecular weight excluding hydrogens is 788 g/mol. The molecular formula is C51H87O9P. The number of hydrogen-bond donors (Lipinski definition) is 3. The van der Waals surface area contributed by atoms with E-state index in [2.05, 4.69) is 111 Å². The monoisotopic (exact) mass is 875 g/mol. The molecule has 61 heavy (non-hydrogen) atoms. The molecule has 0 aliphatic carbocycles. The highest BCUT2D eigenvalue weighted by Gasteiger charge is 2.26. The summed E-state index contributed by atoms with van der Waals surface area (Å²) in [6, 6.07) is 0. The Morgan fingerprint density at radius 3 is 1.41 bits per heavy atom. The molecule has 0 spiro atoms. The first-order valence-electron chi connectivity index (χ1n) is 23.7. The van der Waals surface area contributed by atoms with Crippen LogP contribution < -0.4 is 0 Å². The van der Waals surface area contributed by atoms with Crippen LogP contribution in [-0.2, 0) is 27.9 Å². The van der Waals surface area contributed by atoms with Crippen molar-refractivity contribution in [2.24, 2.45) is 0 Å². The van der Waals surface area contributed by atoms with Crippen molar-refractivity contribution in [3.63, 3.8) is 0 Å². The van der Waals surface area contributed by atoms with E-state index >= 15 is 0 Å². The quantitative estimate of drug-likeness (QED) is 0.0237. The van der Waals surface area contributed by atoms with Crippen LogP contribution in [0, 0.1) is 0 Å². The molecule has 350 valence electrons. The number of allylic oxidation sites excluding steroid dienone is 16. The molecule has 0 fully saturated rings. The summed E-state index contributed by atoms with van der Waals surface area (Å²) in [5.41, 5.74) is 0. The van der Waals surface area contributed by atoms with Crippen LogP contribution in [0.15, 0.2) is 97.2 Å². The standard InChI is InChI=1S/C51H87O9P/c1-3-5-7-9-11-13-15-17-19-21-23-24-25-26-28-30-32-34-36-38-40-42-44-57-47-50(48-59-61(55,56)58-46-49(53)45-52)60-51(54)43-41-39-37-35-33-31-29-27-22-20-18-16-14-12-10-8-6-4-2/h5,7,11,13-14,16-17,19-20,22-24,26,28,32,34,49-50,52-53H,3-4,6,8-10,12,15,18,21,25,27,29-31,33,35-48H2,1-2H3,(H,55,56)/b7-5-,13-11-,16-14-,19-17-,22-20-,24-23-,28-26-,34-32-. The lowest BCUT2D eigenvalue weighted by Gasteiger charge is -2.20. The Morgan fingerprint density at radius 1 is 0.525 bits per heavy atom. The maximum atomic E-state index is 12.7. The first-order chi connectivity index (χ1) is 29.8. The van der Waals surface area contributed by atoms with Gasteiger partial charge in [0, 0.05) is 13.0 Å². The van der Waals surface area contributed by atoms with Gasteiger partial charge in [0.2, 0.25) is 0 Å². The number of aliphatic hydroxyl groups is 2. The smallest absolute Gasteiger partial charge is 0.457 e. The second-order valence-electron chi connectivity index (χ2n) is 15.4. The molecule has 0 radical (unpaired) electrons. The van der Waals surface area contributed by atoms with Crippen molar-refractivity contribution >= 4 is 13.8 Å². The average Bonchev–Trinajstić information content (AvgIpc) is 3.25. The number of unbranched alkanes of at least 4 members (excludes halogenated alkanes) is 14. The van der Waals surface area contributed by atoms with E-state index in [1.165, 1.54) is 51.4 Å². The second-order valence-corrected chi connectivity index (χ2v) is 16.8. The predicted octanol–water partition coefficient (Wildman–Crippen LogP) is 13.6. The molecule has 0 amide bonds. The number of phosphoric acid groups is 1. The largest absolute Gasteiger partial charge is 0.472 e. The van der Waals surface area contributed by atoms with Crippen molar-refractivity contribution in [1.82, 2.24) is 0 Å². The van der Waals surface area contributed by atoms with Crippen molar-refractivity contribution in [3.05, 3.63) is 97.2 Å². The zero-order valence-electron chi connectivity index (χ0n) is 38.3. The van der Waals surface area contributed by atoms with Crippen LogP contribution in [0.4, 0.5) is 0 Å². The van der Waals surface area contributed by atoms with Crippen molar-refractivity contribution in [1.29, 1.82) is 0 Å². The Labute approximate surface area is 372 Å². The first kappa shape index (κ1) is 58.4. The van der Waals surface area contributed by atoms with Gasteiger partial charge in [-0.2, -0.15) is 0 Å². The summed E-state index contributed by atoms with van der Waals surface area (Å²) in [5.74, 6) is -0.406. The third-order valence-corrected chi connectivity index (χ3v) is 10.5. The highest BCUT2D eigenvalue weighted by molar-refractivity contribution is 7.47. The lowest BCUT2D eigenvalue weighted by molar-refractivity contribution is -0.154. The molecule has 0 saturated heterocycles. The topological polar surface area (TPSA) is 132 Å². The van der Waals surface area contributed by atoms with Crippen LogP contribution in [0.25, 0.3) is 0 Å². The van der Waals surface area contributed by atoms with E-state index < -0.39 is 45.8 Å². The van der Waals surface area contributed by atoms with E-state index in [1.807, 2.05) is 0 Å². The molecule has 0 aromatic heterocycles. The number of rotatable bonds is 44. The maximum absolute atomic E-state index is 12.7. The summed E-state index contributed by atoms with van der Waals surface area (Å²) in [6.45, 7) is 3.27. The Hall–Kier alpha value is -2.62. The van der Waals surface area contributed by atoms with Gasteiger partial charge in [-0.3, -0.25) is 13.8 Å². The predicted molar refractivity (Wildman–Crippen MR) is 255 cm³/mol. The number of carbonyl (C=O) groups is 1. The minimum atomic E-state index is -4.54. The van der Waals surface area contributed by atoms with Crippen LogP contribution in [0.3, 0.4) is 0 Å². The van der Waals surface area contributed by atoms with E-state index in [4.69, 9.17) is 23.6 Å². The molecule has 0 aromatic rings. The number of ether oxygens (including phenoxy) is 2. The van der Waals surface area contributed by atoms with Crippen LogP contribution >= 0.6 is 7.82 Å². The van der Waals surface area contributed by atoms with Gasteiger partial charge in [0.1, 0.15) is 12.2 Å². The van der Waals surface area contributed by atoms with E-state index in [9.17, 15) is 19.4 Å². The van der Waals surface area contributed by atoms with Gasteiger partial charge in [-0.1, -0.05) is 169 Å². The summed E-state index contributed by atoms with van der Waals surface area (Å²) in [6.07, 6.45) is 59.4. The fourth-order valence-corrected chi connectivity index (χ4v) is 6.71. The number of aliphatic hydroxyl groups excluding tert-OH is 2. The van der Waals surface area contributed by atoms with Gasteiger partial charge in [-0.25, -0.2) is 4.57 Å². The fourth-order valence-electron chi connectivity index (χ4n) is 5.92. The van der Waals surface area contributed by atoms with Gasteiger partial charge < -0.3 is 24.6 Å². The first-order valence-corrected chi connectivity index (χ1v) is 25.2. The number of esters is 1. The van der Waals surface area contributed by atoms with Crippen LogP contribution in [-0.4, -0.2) is 66.3 Å². The maximum Gasteiger partial charge on any atom is 0.472 e. The summed E-state index contributed by atoms with van der Waals surface area (Å²) in [7, 11) is -4.54. The molecule has 9 nitrogen and oxygen atoms in total. The molecule has 0 bridgehead atoms. The Kier molecular flexibility index (Phi) is 44.9. The van der Waals surface area contributed by atoms with Gasteiger partial charge >= 0.3 is 13.8 Å². The zero-order valence-corrected chi connectivity index (χ0v) is 39.2. The highest BCUT2D eigenvalue weighted by atomic mass is 31.2. The van der Waals surface area contributed by atoms with Crippen LogP contribution in [0.2, 0.25) is 0 Å². The highest BCUT2D eigenvalue weighted by Crippen LogP contribution is 2.43. The third kappa shape index (κ3) is 46.7. The van der Waals surface area contributed by atoms with E-state index in [-0.39, 0.29) is 13.0 Å². The van der Waals surface area contributed by atoms with Gasteiger partial charge in [0.25, 0.3) is 0 Å². The molecule has 0 heterocycles. The Balaban J connectivity index is 4.24. The van der Waals surface area contributed by atoms with Gasteiger partial charge in [-0.05, 0) is 96.3 Å². The molecule has 0 aliphatic heterocycles. The summed E-state index contributed by atoms with van der Waals surface area (Å²) >= 11 is 0. The Bertz CT molecular complexity index is 1270. The fraction of sp³-hybridized carbons (Fsp3) is 0.667. The van der Waals surface area contributed by atoms with Crippen molar-refractivity contribution in [2.45, 2.75) is 187 Å². The van der Waals surface area contributed by atoms with Crippen LogP contribution in [0.1, 0.15) is 174 Å². The van der Waals surface area contributed by atoms with E-state index in [1.54, 1.807) is 0 Å². The van der Waals surface area contributed by atoms with E-state index in [0.29, 0.717) is 13.0 Å². The normalized spacial score (nSPS) is 14.8. The molecule has 0 saturated carbocycles. The molecule has 0 aromatic carbocycles. The number of carbonyl (C=O) groups excluding carboxylic acids is 1. The minimum Gasteiger partial charge on any atom is -0.457 e. The number of hydrogen-bond acceptors (Lipinski definition) is 8. The summed E-state index contributed by atoms with van der Waals surface area (Å²) < 4.78 is 33.4. The van der Waals surface area contributed by atoms with E-state index in [0.717, 1.165) is 96.3 Å². The molecule has 3 unspecified atom stereocenters. The number of phosphoric ester groups is 1. The van der Waals surface area contributed by atoms with Gasteiger partial charge in [-0.15, -0.1) is 0 Å². The summed E-state index contributed by atoms with van der Waals surface area (Å²) in [4.78, 5) is 22.6.